The van der Waals surface area contributed by atoms with Gasteiger partial charge in [-0.3, -0.25) is 9.59 Å². The van der Waals surface area contributed by atoms with Crippen molar-refractivity contribution in [1.82, 2.24) is 0 Å². The first-order chi connectivity index (χ1) is 11.3. The van der Waals surface area contributed by atoms with E-state index in [4.69, 9.17) is 11.6 Å². The minimum atomic E-state index is -4.42. The zero-order chi connectivity index (χ0) is 17.7. The Kier molecular flexibility index (Phi) is 5.62. The van der Waals surface area contributed by atoms with Crippen LogP contribution in [0.15, 0.2) is 48.5 Å². The fourth-order valence-electron chi connectivity index (χ4n) is 1.97. The standard InChI is InChI=1S/C17H13ClF3NO2/c18-13-5-1-11(2-6-13)15(23)9-10-16(24)22-14-7-3-12(4-8-14)17(19,20)21/h1-8H,9-10H2,(H,22,24). The van der Waals surface area contributed by atoms with Crippen LogP contribution in [-0.4, -0.2) is 11.7 Å². The van der Waals surface area contributed by atoms with Gasteiger partial charge in [-0.25, -0.2) is 0 Å². The van der Waals surface area contributed by atoms with Gasteiger partial charge in [0.1, 0.15) is 0 Å². The summed E-state index contributed by atoms with van der Waals surface area (Å²) in [7, 11) is 0. The summed E-state index contributed by atoms with van der Waals surface area (Å²) in [6.07, 6.45) is -4.50. The van der Waals surface area contributed by atoms with Gasteiger partial charge in [-0.05, 0) is 48.5 Å². The number of benzene rings is 2. The lowest BCUT2D eigenvalue weighted by molar-refractivity contribution is -0.137. The van der Waals surface area contributed by atoms with Gasteiger partial charge >= 0.3 is 6.18 Å². The number of carbonyl (C=O) groups is 2. The third kappa shape index (κ3) is 5.09. The van der Waals surface area contributed by atoms with Crippen molar-refractivity contribution < 1.29 is 22.8 Å². The number of hydrogen-bond donors (Lipinski definition) is 1. The average Bonchev–Trinajstić information content (AvgIpc) is 2.53. The van der Waals surface area contributed by atoms with E-state index in [0.29, 0.717) is 10.6 Å². The number of rotatable bonds is 5. The van der Waals surface area contributed by atoms with Gasteiger partial charge in [0, 0.05) is 29.1 Å². The van der Waals surface area contributed by atoms with Crippen LogP contribution in [-0.2, 0) is 11.0 Å². The van der Waals surface area contributed by atoms with Crippen molar-refractivity contribution in [2.24, 2.45) is 0 Å². The molecule has 0 aromatic heterocycles. The van der Waals surface area contributed by atoms with E-state index < -0.39 is 17.6 Å². The lowest BCUT2D eigenvalue weighted by atomic mass is 10.1. The second kappa shape index (κ2) is 7.49. The maximum Gasteiger partial charge on any atom is 0.416 e. The molecule has 0 aliphatic carbocycles. The zero-order valence-electron chi connectivity index (χ0n) is 12.4. The van der Waals surface area contributed by atoms with Crippen molar-refractivity contribution in [2.75, 3.05) is 5.32 Å². The molecular weight excluding hydrogens is 343 g/mol. The van der Waals surface area contributed by atoms with Crippen LogP contribution in [0.1, 0.15) is 28.8 Å². The Bertz CT molecular complexity index is 725. The topological polar surface area (TPSA) is 46.2 Å². The van der Waals surface area contributed by atoms with E-state index in [0.717, 1.165) is 12.1 Å². The lowest BCUT2D eigenvalue weighted by Crippen LogP contribution is -2.14. The summed E-state index contributed by atoms with van der Waals surface area (Å²) < 4.78 is 37.3. The van der Waals surface area contributed by atoms with Crippen molar-refractivity contribution in [3.05, 3.63) is 64.7 Å². The zero-order valence-corrected chi connectivity index (χ0v) is 13.1. The van der Waals surface area contributed by atoms with E-state index in [2.05, 4.69) is 5.32 Å². The number of amides is 1. The number of hydrogen-bond acceptors (Lipinski definition) is 2. The van der Waals surface area contributed by atoms with Gasteiger partial charge in [0.05, 0.1) is 5.56 Å². The van der Waals surface area contributed by atoms with Gasteiger partial charge in [-0.15, -0.1) is 0 Å². The van der Waals surface area contributed by atoms with Gasteiger partial charge in [0.15, 0.2) is 5.78 Å². The van der Waals surface area contributed by atoms with Crippen LogP contribution in [0, 0.1) is 0 Å². The Morgan fingerprint density at radius 1 is 0.917 bits per heavy atom. The first-order valence-corrected chi connectivity index (χ1v) is 7.39. The van der Waals surface area contributed by atoms with Crippen molar-refractivity contribution in [1.29, 1.82) is 0 Å². The number of halogens is 4. The van der Waals surface area contributed by atoms with Crippen LogP contribution in [0.3, 0.4) is 0 Å². The Morgan fingerprint density at radius 3 is 2.04 bits per heavy atom. The molecule has 0 saturated heterocycles. The molecule has 126 valence electrons. The summed E-state index contributed by atoms with van der Waals surface area (Å²) in [6.45, 7) is 0. The molecule has 0 fully saturated rings. The molecule has 7 heteroatoms. The maximum atomic E-state index is 12.4. The van der Waals surface area contributed by atoms with Crippen LogP contribution < -0.4 is 5.32 Å². The van der Waals surface area contributed by atoms with E-state index in [1.807, 2.05) is 0 Å². The third-order valence-corrected chi connectivity index (χ3v) is 3.49. The second-order valence-corrected chi connectivity index (χ2v) is 5.49. The van der Waals surface area contributed by atoms with Crippen LogP contribution in [0.25, 0.3) is 0 Å². The van der Waals surface area contributed by atoms with Crippen LogP contribution in [0.2, 0.25) is 5.02 Å². The first kappa shape index (κ1) is 18.0. The van der Waals surface area contributed by atoms with Crippen molar-refractivity contribution >= 4 is 29.0 Å². The fraction of sp³-hybridized carbons (Fsp3) is 0.176. The molecule has 3 nitrogen and oxygen atoms in total. The molecule has 24 heavy (non-hydrogen) atoms. The van der Waals surface area contributed by atoms with Crippen molar-refractivity contribution in [3.8, 4) is 0 Å². The minimum Gasteiger partial charge on any atom is -0.326 e. The summed E-state index contributed by atoms with van der Waals surface area (Å²) in [5.74, 6) is -0.661. The molecule has 0 aliphatic rings. The van der Waals surface area contributed by atoms with Crippen LogP contribution in [0.5, 0.6) is 0 Å². The minimum absolute atomic E-state index is 0.00585. The Hall–Kier alpha value is -2.34. The average molecular weight is 356 g/mol. The quantitative estimate of drug-likeness (QED) is 0.770. The highest BCUT2D eigenvalue weighted by Gasteiger charge is 2.29. The van der Waals surface area contributed by atoms with Gasteiger partial charge in [-0.1, -0.05) is 11.6 Å². The summed E-state index contributed by atoms with van der Waals surface area (Å²) in [5.41, 5.74) is -0.105. The number of Topliss-reactive ketones (excluding diaryl/α,β-unsaturated/α-hetero) is 1. The molecule has 0 spiro atoms. The summed E-state index contributed by atoms with van der Waals surface area (Å²) in [4.78, 5) is 23.7. The molecule has 0 saturated carbocycles. The molecule has 2 aromatic carbocycles. The molecule has 2 aromatic rings. The third-order valence-electron chi connectivity index (χ3n) is 3.24. The summed E-state index contributed by atoms with van der Waals surface area (Å²) >= 11 is 5.73. The normalized spacial score (nSPS) is 11.2. The number of anilines is 1. The Balaban J connectivity index is 1.87. The molecule has 0 unspecified atom stereocenters. The van der Waals surface area contributed by atoms with Gasteiger partial charge in [-0.2, -0.15) is 13.2 Å². The Morgan fingerprint density at radius 2 is 1.50 bits per heavy atom. The molecule has 1 N–H and O–H groups in total. The highest BCUT2D eigenvalue weighted by atomic mass is 35.5. The molecule has 0 heterocycles. The maximum absolute atomic E-state index is 12.4. The van der Waals surface area contributed by atoms with E-state index in [1.54, 1.807) is 24.3 Å². The lowest BCUT2D eigenvalue weighted by Gasteiger charge is -2.08. The summed E-state index contributed by atoms with van der Waals surface area (Å²) in [6, 6.07) is 10.4. The van der Waals surface area contributed by atoms with Gasteiger partial charge in [0.2, 0.25) is 5.91 Å². The SMILES string of the molecule is O=C(CCC(=O)c1ccc(Cl)cc1)Nc1ccc(C(F)(F)F)cc1. The molecule has 1 amide bonds. The van der Waals surface area contributed by atoms with E-state index in [9.17, 15) is 22.8 Å². The van der Waals surface area contributed by atoms with E-state index in [1.165, 1.54) is 12.1 Å². The number of alkyl halides is 3. The van der Waals surface area contributed by atoms with Gasteiger partial charge < -0.3 is 5.32 Å². The number of nitrogens with one attached hydrogen (secondary N) is 1. The van der Waals surface area contributed by atoms with E-state index >= 15 is 0 Å². The molecule has 0 atom stereocenters. The smallest absolute Gasteiger partial charge is 0.326 e. The first-order valence-electron chi connectivity index (χ1n) is 7.01. The molecule has 0 bridgehead atoms. The molecule has 0 aliphatic heterocycles. The van der Waals surface area contributed by atoms with Crippen molar-refractivity contribution in [2.45, 2.75) is 19.0 Å². The largest absolute Gasteiger partial charge is 0.416 e. The number of ketones is 1. The predicted molar refractivity (Wildman–Crippen MR) is 85.1 cm³/mol. The predicted octanol–water partition coefficient (Wildman–Crippen LogP) is 4.96. The Labute approximate surface area is 141 Å². The van der Waals surface area contributed by atoms with Crippen molar-refractivity contribution in [3.63, 3.8) is 0 Å². The fourth-order valence-corrected chi connectivity index (χ4v) is 2.10. The van der Waals surface area contributed by atoms with Crippen LogP contribution >= 0.6 is 11.6 Å². The van der Waals surface area contributed by atoms with Crippen LogP contribution in [0.4, 0.5) is 18.9 Å². The van der Waals surface area contributed by atoms with Gasteiger partial charge in [0.25, 0.3) is 0 Å². The molecule has 0 radical (unpaired) electrons. The highest BCUT2D eigenvalue weighted by molar-refractivity contribution is 6.30. The second-order valence-electron chi connectivity index (χ2n) is 5.05. The highest BCUT2D eigenvalue weighted by Crippen LogP contribution is 2.29. The van der Waals surface area contributed by atoms with E-state index in [-0.39, 0.29) is 24.3 Å². The summed E-state index contributed by atoms with van der Waals surface area (Å²) in [5, 5.41) is 2.96. The monoisotopic (exact) mass is 355 g/mol. The molecular formula is C17H13ClF3NO2. The number of carbonyl (C=O) groups excluding carboxylic acids is 2. The molecule has 2 rings (SSSR count).